The van der Waals surface area contributed by atoms with Crippen molar-refractivity contribution >= 4 is 18.2 Å². The third-order valence-corrected chi connectivity index (χ3v) is 0.926. The molecule has 1 aromatic heterocycles. The normalized spacial score (nSPS) is 9.60. The highest BCUT2D eigenvalue weighted by atomic mass is 32.1. The van der Waals surface area contributed by atoms with Gasteiger partial charge in [0.25, 0.3) is 0 Å². The Morgan fingerprint density at radius 2 is 2.60 bits per heavy atom. The minimum absolute atomic E-state index is 0.182. The minimum Gasteiger partial charge on any atom is -0.480 e. The van der Waals surface area contributed by atoms with Crippen LogP contribution in [-0.4, -0.2) is 31.3 Å². The van der Waals surface area contributed by atoms with Crippen molar-refractivity contribution in [3.05, 3.63) is 4.77 Å². The molecule has 1 heterocycles. The molecule has 7 heteroatoms. The van der Waals surface area contributed by atoms with Gasteiger partial charge in [0, 0.05) is 0 Å². The van der Waals surface area contributed by atoms with E-state index in [0.29, 0.717) is 0 Å². The molecule has 2 N–H and O–H groups in total. The highest BCUT2D eigenvalue weighted by molar-refractivity contribution is 7.71. The van der Waals surface area contributed by atoms with Crippen LogP contribution < -0.4 is 0 Å². The van der Waals surface area contributed by atoms with Crippen LogP contribution in [0, 0.1) is 4.77 Å². The number of tetrazole rings is 1. The molecule has 0 aliphatic carbocycles. The molecule has 0 aromatic carbocycles. The Balaban J connectivity index is 2.76. The van der Waals surface area contributed by atoms with Crippen LogP contribution in [0.3, 0.4) is 0 Å². The van der Waals surface area contributed by atoms with E-state index in [0.717, 1.165) is 4.80 Å². The summed E-state index contributed by atoms with van der Waals surface area (Å²) >= 11 is 4.54. The zero-order chi connectivity index (χ0) is 7.56. The molecule has 0 atom stereocenters. The summed E-state index contributed by atoms with van der Waals surface area (Å²) in [5.74, 6) is -0.990. The number of aromatic amines is 1. The molecule has 54 valence electrons. The fraction of sp³-hybridized carbons (Fsp3) is 0.333. The summed E-state index contributed by atoms with van der Waals surface area (Å²) in [6.45, 7) is -0.246. The summed E-state index contributed by atoms with van der Waals surface area (Å²) < 4.78 is 0.182. The van der Waals surface area contributed by atoms with Crippen LogP contribution in [0.1, 0.15) is 0 Å². The first-order valence-corrected chi connectivity index (χ1v) is 2.81. The van der Waals surface area contributed by atoms with E-state index in [1.165, 1.54) is 0 Å². The average Bonchev–Trinajstić information content (AvgIpc) is 2.13. The zero-order valence-corrected chi connectivity index (χ0v) is 5.63. The van der Waals surface area contributed by atoms with Gasteiger partial charge in [-0.1, -0.05) is 5.10 Å². The van der Waals surface area contributed by atoms with E-state index in [-0.39, 0.29) is 11.3 Å². The molecule has 0 amide bonds. The standard InChI is InChI=1S/C3H4N4O2S/c8-2(9)1-7-5-3(10)4-6-7/h1H2,(H,5,10)(H,8,9). The molecule has 6 nitrogen and oxygen atoms in total. The first-order valence-electron chi connectivity index (χ1n) is 2.40. The van der Waals surface area contributed by atoms with Crippen molar-refractivity contribution in [2.75, 3.05) is 0 Å². The SMILES string of the molecule is O=C(O)Cn1nnc(=S)[nH]1. The molecule has 0 bridgehead atoms. The van der Waals surface area contributed by atoms with E-state index < -0.39 is 5.97 Å². The summed E-state index contributed by atoms with van der Waals surface area (Å²) in [5.41, 5.74) is 0. The Labute approximate surface area is 60.5 Å². The van der Waals surface area contributed by atoms with E-state index in [1.807, 2.05) is 0 Å². The number of hydrogen-bond donors (Lipinski definition) is 2. The van der Waals surface area contributed by atoms with Crippen molar-refractivity contribution in [2.24, 2.45) is 0 Å². The van der Waals surface area contributed by atoms with Crippen LogP contribution >= 0.6 is 12.2 Å². The van der Waals surface area contributed by atoms with Crippen molar-refractivity contribution in [2.45, 2.75) is 6.54 Å². The van der Waals surface area contributed by atoms with Crippen LogP contribution in [0.25, 0.3) is 0 Å². The van der Waals surface area contributed by atoms with Gasteiger partial charge in [-0.3, -0.25) is 9.89 Å². The van der Waals surface area contributed by atoms with Gasteiger partial charge in [0.05, 0.1) is 0 Å². The maximum Gasteiger partial charge on any atom is 0.327 e. The Morgan fingerprint density at radius 1 is 1.90 bits per heavy atom. The highest BCUT2D eigenvalue weighted by Gasteiger charge is 1.98. The van der Waals surface area contributed by atoms with Gasteiger partial charge >= 0.3 is 5.97 Å². The van der Waals surface area contributed by atoms with Gasteiger partial charge in [-0.05, 0) is 17.4 Å². The van der Waals surface area contributed by atoms with Crippen molar-refractivity contribution in [3.63, 3.8) is 0 Å². The lowest BCUT2D eigenvalue weighted by Crippen LogP contribution is -2.11. The quantitative estimate of drug-likeness (QED) is 0.565. The van der Waals surface area contributed by atoms with Gasteiger partial charge in [-0.15, -0.1) is 0 Å². The van der Waals surface area contributed by atoms with Crippen LogP contribution in [0.2, 0.25) is 0 Å². The second-order valence-electron chi connectivity index (χ2n) is 1.56. The Kier molecular flexibility index (Phi) is 1.76. The molecule has 0 saturated heterocycles. The first kappa shape index (κ1) is 6.87. The van der Waals surface area contributed by atoms with Crippen molar-refractivity contribution < 1.29 is 9.90 Å². The smallest absolute Gasteiger partial charge is 0.327 e. The Hall–Kier alpha value is -1.24. The van der Waals surface area contributed by atoms with Crippen molar-refractivity contribution in [1.82, 2.24) is 20.2 Å². The summed E-state index contributed by atoms with van der Waals surface area (Å²) in [6.07, 6.45) is 0. The minimum atomic E-state index is -0.990. The monoisotopic (exact) mass is 160 g/mol. The van der Waals surface area contributed by atoms with Gasteiger partial charge in [-0.2, -0.15) is 4.80 Å². The average molecular weight is 160 g/mol. The number of hydrogen-bond acceptors (Lipinski definition) is 4. The van der Waals surface area contributed by atoms with Crippen LogP contribution in [0.4, 0.5) is 0 Å². The number of aromatic nitrogens is 4. The summed E-state index contributed by atoms with van der Waals surface area (Å²) in [7, 11) is 0. The second-order valence-corrected chi connectivity index (χ2v) is 1.94. The second kappa shape index (κ2) is 2.56. The topological polar surface area (TPSA) is 83.8 Å². The van der Waals surface area contributed by atoms with Gasteiger partial charge in [-0.25, -0.2) is 0 Å². The van der Waals surface area contributed by atoms with Gasteiger partial charge in [0.15, 0.2) is 6.54 Å². The highest BCUT2D eigenvalue weighted by Crippen LogP contribution is 1.76. The maximum atomic E-state index is 10.0. The molecule has 1 aromatic rings. The van der Waals surface area contributed by atoms with Crippen LogP contribution in [-0.2, 0) is 11.3 Å². The molecule has 0 unspecified atom stereocenters. The van der Waals surface area contributed by atoms with Crippen molar-refractivity contribution in [1.29, 1.82) is 0 Å². The first-order chi connectivity index (χ1) is 4.68. The summed E-state index contributed by atoms with van der Waals surface area (Å²) in [4.78, 5) is 11.1. The zero-order valence-electron chi connectivity index (χ0n) is 4.81. The van der Waals surface area contributed by atoms with Gasteiger partial charge in [0.1, 0.15) is 0 Å². The Morgan fingerprint density at radius 3 is 3.00 bits per heavy atom. The van der Waals surface area contributed by atoms with Crippen molar-refractivity contribution in [3.8, 4) is 0 Å². The lowest BCUT2D eigenvalue weighted by Gasteiger charge is -1.89. The number of carboxylic acids is 1. The van der Waals surface area contributed by atoms with E-state index in [2.05, 4.69) is 27.6 Å². The number of H-pyrrole nitrogens is 1. The maximum absolute atomic E-state index is 10.0. The summed E-state index contributed by atoms with van der Waals surface area (Å²) in [5, 5.41) is 17.4. The fourth-order valence-corrected chi connectivity index (χ4v) is 0.591. The number of carboxylic acid groups (broad SMARTS) is 1. The fourth-order valence-electron chi connectivity index (χ4n) is 0.449. The lowest BCUT2D eigenvalue weighted by atomic mass is 10.7. The number of nitrogens with zero attached hydrogens (tertiary/aromatic N) is 3. The third kappa shape index (κ3) is 1.62. The summed E-state index contributed by atoms with van der Waals surface area (Å²) in [6, 6.07) is 0. The molecule has 0 fully saturated rings. The number of rotatable bonds is 2. The predicted octanol–water partition coefficient (Wildman–Crippen LogP) is -0.580. The predicted molar refractivity (Wildman–Crippen MR) is 32.8 cm³/mol. The molecule has 10 heavy (non-hydrogen) atoms. The molecule has 0 radical (unpaired) electrons. The van der Waals surface area contributed by atoms with Crippen LogP contribution in [0.15, 0.2) is 0 Å². The van der Waals surface area contributed by atoms with E-state index in [1.54, 1.807) is 0 Å². The number of carbonyl (C=O) groups is 1. The molecular formula is C3H4N4O2S. The van der Waals surface area contributed by atoms with E-state index in [9.17, 15) is 4.79 Å². The van der Waals surface area contributed by atoms with Gasteiger partial charge < -0.3 is 5.11 Å². The Bertz CT molecular complexity index is 289. The molecule has 0 aliphatic heterocycles. The largest absolute Gasteiger partial charge is 0.480 e. The van der Waals surface area contributed by atoms with Crippen LogP contribution in [0.5, 0.6) is 0 Å². The molecule has 1 rings (SSSR count). The molecule has 0 aliphatic rings. The number of nitrogens with one attached hydrogen (secondary N) is 1. The lowest BCUT2D eigenvalue weighted by molar-refractivity contribution is -0.138. The van der Waals surface area contributed by atoms with Gasteiger partial charge in [0.2, 0.25) is 4.77 Å². The van der Waals surface area contributed by atoms with E-state index in [4.69, 9.17) is 5.11 Å². The molecule has 0 spiro atoms. The molecule has 0 saturated carbocycles. The van der Waals surface area contributed by atoms with E-state index >= 15 is 0 Å². The molecular weight excluding hydrogens is 156 g/mol. The number of aliphatic carboxylic acids is 1. The third-order valence-electron chi connectivity index (χ3n) is 0.753.